The fourth-order valence-corrected chi connectivity index (χ4v) is 2.45. The third-order valence-electron chi connectivity index (χ3n) is 3.39. The molecule has 2 aliphatic rings. The number of ether oxygens (including phenoxy) is 1. The van der Waals surface area contributed by atoms with E-state index in [0.29, 0.717) is 17.8 Å². The third-order valence-corrected chi connectivity index (χ3v) is 3.39. The van der Waals surface area contributed by atoms with Gasteiger partial charge in [-0.15, -0.1) is 0 Å². The lowest BCUT2D eigenvalue weighted by molar-refractivity contribution is -0.117. The summed E-state index contributed by atoms with van der Waals surface area (Å²) in [7, 11) is 0. The standard InChI is InChI=1S/C13H12N2O5/c16-11-4-8-3-7(12(17)18)1-2-10(8)15(11)6-9-5-14-13(19)20-9/h1-3,9H,4-6H2,(H,14,19)(H,17,18). The minimum atomic E-state index is -1.02. The first-order valence-corrected chi connectivity index (χ1v) is 6.15. The number of fused-ring (bicyclic) bond motifs is 1. The van der Waals surface area contributed by atoms with Crippen molar-refractivity contribution in [2.24, 2.45) is 0 Å². The zero-order chi connectivity index (χ0) is 14.3. The largest absolute Gasteiger partial charge is 0.478 e. The maximum atomic E-state index is 12.0. The predicted molar refractivity (Wildman–Crippen MR) is 67.7 cm³/mol. The number of alkyl carbamates (subject to hydrolysis) is 1. The summed E-state index contributed by atoms with van der Waals surface area (Å²) in [6.07, 6.45) is -0.690. The molecule has 1 aromatic carbocycles. The van der Waals surface area contributed by atoms with E-state index in [0.717, 1.165) is 0 Å². The van der Waals surface area contributed by atoms with Gasteiger partial charge in [0.1, 0.15) is 6.10 Å². The number of carbonyl (C=O) groups is 3. The van der Waals surface area contributed by atoms with Crippen LogP contribution in [0.25, 0.3) is 0 Å². The number of aromatic carboxylic acids is 1. The highest BCUT2D eigenvalue weighted by Gasteiger charge is 2.33. The Balaban J connectivity index is 1.83. The van der Waals surface area contributed by atoms with Gasteiger partial charge in [-0.05, 0) is 23.8 Å². The second kappa shape index (κ2) is 4.52. The molecule has 104 valence electrons. The number of hydrogen-bond acceptors (Lipinski definition) is 4. The molecule has 1 fully saturated rings. The molecule has 20 heavy (non-hydrogen) atoms. The van der Waals surface area contributed by atoms with Crippen LogP contribution in [0.5, 0.6) is 0 Å². The normalized spacial score (nSPS) is 20.6. The van der Waals surface area contributed by atoms with Crippen molar-refractivity contribution in [3.8, 4) is 0 Å². The van der Waals surface area contributed by atoms with E-state index in [4.69, 9.17) is 9.84 Å². The zero-order valence-corrected chi connectivity index (χ0v) is 10.5. The third kappa shape index (κ3) is 2.07. The Labute approximate surface area is 114 Å². The molecule has 1 atom stereocenters. The Morgan fingerprint density at radius 3 is 2.90 bits per heavy atom. The molecular formula is C13H12N2O5. The molecule has 2 amide bonds. The fraction of sp³-hybridized carbons (Fsp3) is 0.308. The Morgan fingerprint density at radius 1 is 1.45 bits per heavy atom. The van der Waals surface area contributed by atoms with Gasteiger partial charge in [0, 0.05) is 5.69 Å². The number of nitrogens with one attached hydrogen (secondary N) is 1. The Hall–Kier alpha value is -2.57. The molecular weight excluding hydrogens is 264 g/mol. The maximum absolute atomic E-state index is 12.0. The van der Waals surface area contributed by atoms with E-state index in [1.807, 2.05) is 0 Å². The van der Waals surface area contributed by atoms with Crippen LogP contribution in [0.15, 0.2) is 18.2 Å². The van der Waals surface area contributed by atoms with Crippen LogP contribution < -0.4 is 10.2 Å². The van der Waals surface area contributed by atoms with Gasteiger partial charge in [0.2, 0.25) is 5.91 Å². The van der Waals surface area contributed by atoms with Gasteiger partial charge in [0.15, 0.2) is 0 Å². The molecule has 0 spiro atoms. The minimum Gasteiger partial charge on any atom is -0.478 e. The quantitative estimate of drug-likeness (QED) is 0.832. The van der Waals surface area contributed by atoms with Crippen LogP contribution in [0.2, 0.25) is 0 Å². The highest BCUT2D eigenvalue weighted by Crippen LogP contribution is 2.30. The molecule has 0 radical (unpaired) electrons. The molecule has 1 unspecified atom stereocenters. The number of carbonyl (C=O) groups excluding carboxylic acids is 2. The number of nitrogens with zero attached hydrogens (tertiary/aromatic N) is 1. The number of carboxylic acid groups (broad SMARTS) is 1. The number of anilines is 1. The fourth-order valence-electron chi connectivity index (χ4n) is 2.45. The molecule has 7 heteroatoms. The minimum absolute atomic E-state index is 0.120. The number of benzene rings is 1. The van der Waals surface area contributed by atoms with Crippen molar-refractivity contribution in [3.63, 3.8) is 0 Å². The second-order valence-corrected chi connectivity index (χ2v) is 4.74. The first-order chi connectivity index (χ1) is 9.54. The van der Waals surface area contributed by atoms with Crippen molar-refractivity contribution in [2.45, 2.75) is 12.5 Å². The molecule has 1 saturated heterocycles. The summed E-state index contributed by atoms with van der Waals surface area (Å²) in [4.78, 5) is 35.4. The van der Waals surface area contributed by atoms with Crippen molar-refractivity contribution in [1.29, 1.82) is 0 Å². The summed E-state index contributed by atoms with van der Waals surface area (Å²) < 4.78 is 5.01. The summed E-state index contributed by atoms with van der Waals surface area (Å²) in [5, 5.41) is 11.5. The van der Waals surface area contributed by atoms with E-state index in [1.54, 1.807) is 6.07 Å². The summed E-state index contributed by atoms with van der Waals surface area (Å²) in [6, 6.07) is 4.59. The summed E-state index contributed by atoms with van der Waals surface area (Å²) in [5.74, 6) is -1.14. The van der Waals surface area contributed by atoms with E-state index in [9.17, 15) is 14.4 Å². The topological polar surface area (TPSA) is 95.9 Å². The summed E-state index contributed by atoms with van der Waals surface area (Å²) >= 11 is 0. The van der Waals surface area contributed by atoms with Crippen molar-refractivity contribution in [1.82, 2.24) is 5.32 Å². The van der Waals surface area contributed by atoms with Gasteiger partial charge in [-0.25, -0.2) is 9.59 Å². The number of rotatable bonds is 3. The van der Waals surface area contributed by atoms with Gasteiger partial charge < -0.3 is 20.1 Å². The Kier molecular flexibility index (Phi) is 2.81. The average molecular weight is 276 g/mol. The first-order valence-electron chi connectivity index (χ1n) is 6.15. The van der Waals surface area contributed by atoms with Gasteiger partial charge in [-0.2, -0.15) is 0 Å². The van der Waals surface area contributed by atoms with E-state index in [1.165, 1.54) is 17.0 Å². The van der Waals surface area contributed by atoms with Gasteiger partial charge >= 0.3 is 12.1 Å². The van der Waals surface area contributed by atoms with Crippen molar-refractivity contribution in [3.05, 3.63) is 29.3 Å². The number of amides is 2. The molecule has 2 heterocycles. The summed E-state index contributed by atoms with van der Waals surface area (Å²) in [6.45, 7) is 0.641. The Bertz CT molecular complexity index is 613. The van der Waals surface area contributed by atoms with Crippen LogP contribution in [-0.4, -0.2) is 42.3 Å². The van der Waals surface area contributed by atoms with Gasteiger partial charge in [0.05, 0.1) is 25.1 Å². The molecule has 2 N–H and O–H groups in total. The van der Waals surface area contributed by atoms with Crippen LogP contribution in [0, 0.1) is 0 Å². The first kappa shape index (κ1) is 12.5. The smallest absolute Gasteiger partial charge is 0.407 e. The molecule has 3 rings (SSSR count). The van der Waals surface area contributed by atoms with Crippen LogP contribution in [-0.2, 0) is 16.0 Å². The van der Waals surface area contributed by atoms with E-state index in [2.05, 4.69) is 5.32 Å². The molecule has 2 aliphatic heterocycles. The number of cyclic esters (lactones) is 1. The molecule has 1 aromatic rings. The second-order valence-electron chi connectivity index (χ2n) is 4.74. The predicted octanol–water partition coefficient (Wildman–Crippen LogP) is 0.382. The lowest BCUT2D eigenvalue weighted by atomic mass is 10.1. The monoisotopic (exact) mass is 276 g/mol. The average Bonchev–Trinajstić information content (AvgIpc) is 2.94. The zero-order valence-electron chi connectivity index (χ0n) is 10.5. The van der Waals surface area contributed by atoms with Gasteiger partial charge in [-0.1, -0.05) is 0 Å². The molecule has 0 bridgehead atoms. The summed E-state index contributed by atoms with van der Waals surface area (Å²) in [5.41, 5.74) is 1.53. The van der Waals surface area contributed by atoms with Crippen LogP contribution in [0.4, 0.5) is 10.5 Å². The van der Waals surface area contributed by atoms with Crippen LogP contribution >= 0.6 is 0 Å². The molecule has 7 nitrogen and oxygen atoms in total. The lowest BCUT2D eigenvalue weighted by Crippen LogP contribution is -2.36. The molecule has 0 saturated carbocycles. The van der Waals surface area contributed by atoms with Crippen molar-refractivity contribution < 1.29 is 24.2 Å². The molecule has 0 aliphatic carbocycles. The van der Waals surface area contributed by atoms with Crippen molar-refractivity contribution >= 4 is 23.7 Å². The van der Waals surface area contributed by atoms with Crippen LogP contribution in [0.1, 0.15) is 15.9 Å². The number of carboxylic acids is 1. The van der Waals surface area contributed by atoms with E-state index < -0.39 is 12.1 Å². The van der Waals surface area contributed by atoms with Gasteiger partial charge in [0.25, 0.3) is 0 Å². The van der Waals surface area contributed by atoms with E-state index in [-0.39, 0.29) is 30.5 Å². The lowest BCUT2D eigenvalue weighted by Gasteiger charge is -2.20. The number of hydrogen-bond donors (Lipinski definition) is 2. The highest BCUT2D eigenvalue weighted by molar-refractivity contribution is 6.02. The SMILES string of the molecule is O=C1NCC(CN2C(=O)Cc3cc(C(=O)O)ccc32)O1. The molecule has 0 aromatic heterocycles. The Morgan fingerprint density at radius 2 is 2.25 bits per heavy atom. The maximum Gasteiger partial charge on any atom is 0.407 e. The van der Waals surface area contributed by atoms with Gasteiger partial charge in [-0.3, -0.25) is 4.79 Å². The van der Waals surface area contributed by atoms with Crippen molar-refractivity contribution in [2.75, 3.05) is 18.0 Å². The highest BCUT2D eigenvalue weighted by atomic mass is 16.6. The van der Waals surface area contributed by atoms with Crippen LogP contribution in [0.3, 0.4) is 0 Å². The van der Waals surface area contributed by atoms with E-state index >= 15 is 0 Å².